The van der Waals surface area contributed by atoms with E-state index in [-0.39, 0.29) is 10.6 Å². The van der Waals surface area contributed by atoms with E-state index in [9.17, 15) is 12.8 Å². The van der Waals surface area contributed by atoms with Crippen LogP contribution in [-0.2, 0) is 10.0 Å². The number of nitrogens with two attached hydrogens (primary N) is 1. The third-order valence-electron chi connectivity index (χ3n) is 3.63. The topological polar surface area (TPSA) is 63.4 Å². The minimum Gasteiger partial charge on any atom is -0.399 e. The predicted molar refractivity (Wildman–Crippen MR) is 72.6 cm³/mol. The van der Waals surface area contributed by atoms with Crippen molar-refractivity contribution in [3.05, 3.63) is 24.0 Å². The standard InChI is InChI=1S/C13H19FN2O2S/c1-16(9-10-4-2-3-5-10)19(17,18)13-7-6-11(15)8-12(13)14/h6-8,10H,2-5,9,15H2,1H3. The molecule has 0 radical (unpaired) electrons. The molecule has 106 valence electrons. The van der Waals surface area contributed by atoms with Crippen LogP contribution < -0.4 is 5.73 Å². The fourth-order valence-corrected chi connectivity index (χ4v) is 3.84. The molecule has 0 spiro atoms. The van der Waals surface area contributed by atoms with Gasteiger partial charge in [-0.3, -0.25) is 0 Å². The van der Waals surface area contributed by atoms with E-state index in [0.717, 1.165) is 31.7 Å². The van der Waals surface area contributed by atoms with Crippen LogP contribution in [0.4, 0.5) is 10.1 Å². The average molecular weight is 286 g/mol. The normalized spacial score (nSPS) is 17.2. The molecule has 1 aliphatic carbocycles. The second-order valence-electron chi connectivity index (χ2n) is 5.13. The van der Waals surface area contributed by atoms with Crippen LogP contribution in [0.1, 0.15) is 25.7 Å². The molecule has 0 atom stereocenters. The van der Waals surface area contributed by atoms with Gasteiger partial charge in [-0.25, -0.2) is 17.1 Å². The molecule has 0 aromatic heterocycles. The number of hydrogen-bond acceptors (Lipinski definition) is 3. The molecule has 0 bridgehead atoms. The van der Waals surface area contributed by atoms with Crippen molar-refractivity contribution < 1.29 is 12.8 Å². The molecule has 1 aliphatic rings. The summed E-state index contributed by atoms with van der Waals surface area (Å²) in [4.78, 5) is -0.304. The van der Waals surface area contributed by atoms with Gasteiger partial charge in [0, 0.05) is 19.3 Å². The van der Waals surface area contributed by atoms with Crippen LogP contribution in [0.3, 0.4) is 0 Å². The first-order valence-electron chi connectivity index (χ1n) is 6.42. The summed E-state index contributed by atoms with van der Waals surface area (Å²) < 4.78 is 39.6. The molecule has 1 fully saturated rings. The highest BCUT2D eigenvalue weighted by Gasteiger charge is 2.27. The second kappa shape index (κ2) is 5.46. The minimum atomic E-state index is -3.77. The lowest BCUT2D eigenvalue weighted by molar-refractivity contribution is 0.385. The second-order valence-corrected chi connectivity index (χ2v) is 7.14. The van der Waals surface area contributed by atoms with Gasteiger partial charge >= 0.3 is 0 Å². The molecular formula is C13H19FN2O2S. The number of hydrogen-bond donors (Lipinski definition) is 1. The fourth-order valence-electron chi connectivity index (χ4n) is 2.55. The van der Waals surface area contributed by atoms with Crippen LogP contribution >= 0.6 is 0 Å². The molecule has 19 heavy (non-hydrogen) atoms. The molecule has 0 heterocycles. The summed E-state index contributed by atoms with van der Waals surface area (Å²) in [5, 5.41) is 0. The number of nitrogen functional groups attached to an aromatic ring is 1. The first-order chi connectivity index (χ1) is 8.91. The number of rotatable bonds is 4. The van der Waals surface area contributed by atoms with Crippen molar-refractivity contribution in [1.82, 2.24) is 4.31 Å². The van der Waals surface area contributed by atoms with Gasteiger partial charge in [0.25, 0.3) is 0 Å². The molecule has 1 saturated carbocycles. The SMILES string of the molecule is CN(CC1CCCC1)S(=O)(=O)c1ccc(N)cc1F. The van der Waals surface area contributed by atoms with Gasteiger partial charge in [-0.2, -0.15) is 0 Å². The quantitative estimate of drug-likeness (QED) is 0.863. The Morgan fingerprint density at radius 2 is 2.00 bits per heavy atom. The lowest BCUT2D eigenvalue weighted by Gasteiger charge is -2.21. The maximum Gasteiger partial charge on any atom is 0.245 e. The smallest absolute Gasteiger partial charge is 0.245 e. The first kappa shape index (κ1) is 14.3. The molecule has 2 N–H and O–H groups in total. The van der Waals surface area contributed by atoms with Gasteiger partial charge in [-0.05, 0) is 37.0 Å². The van der Waals surface area contributed by atoms with Crippen molar-refractivity contribution in [3.8, 4) is 0 Å². The van der Waals surface area contributed by atoms with Gasteiger partial charge in [0.2, 0.25) is 10.0 Å². The van der Waals surface area contributed by atoms with E-state index in [4.69, 9.17) is 5.73 Å². The van der Waals surface area contributed by atoms with Gasteiger partial charge < -0.3 is 5.73 Å². The van der Waals surface area contributed by atoms with Crippen LogP contribution in [-0.4, -0.2) is 26.3 Å². The Morgan fingerprint density at radius 1 is 1.37 bits per heavy atom. The summed E-state index contributed by atoms with van der Waals surface area (Å²) >= 11 is 0. The van der Waals surface area contributed by atoms with Crippen LogP contribution in [0.25, 0.3) is 0 Å². The zero-order valence-electron chi connectivity index (χ0n) is 11.0. The summed E-state index contributed by atoms with van der Waals surface area (Å²) in [6.45, 7) is 0.451. The summed E-state index contributed by atoms with van der Waals surface area (Å²) in [6, 6.07) is 3.67. The highest BCUT2D eigenvalue weighted by atomic mass is 32.2. The van der Waals surface area contributed by atoms with Gasteiger partial charge in [-0.1, -0.05) is 12.8 Å². The van der Waals surface area contributed by atoms with Gasteiger partial charge in [0.05, 0.1) is 0 Å². The third-order valence-corrected chi connectivity index (χ3v) is 5.49. The largest absolute Gasteiger partial charge is 0.399 e. The molecule has 0 saturated heterocycles. The third kappa shape index (κ3) is 3.06. The fraction of sp³-hybridized carbons (Fsp3) is 0.538. The van der Waals surface area contributed by atoms with Gasteiger partial charge in [0.1, 0.15) is 10.7 Å². The van der Waals surface area contributed by atoms with Crippen LogP contribution in [0.2, 0.25) is 0 Å². The maximum atomic E-state index is 13.7. The van der Waals surface area contributed by atoms with E-state index >= 15 is 0 Å². The lowest BCUT2D eigenvalue weighted by atomic mass is 10.1. The van der Waals surface area contributed by atoms with Crippen molar-refractivity contribution in [2.24, 2.45) is 5.92 Å². The zero-order chi connectivity index (χ0) is 14.0. The van der Waals surface area contributed by atoms with E-state index < -0.39 is 15.8 Å². The molecule has 6 heteroatoms. The van der Waals surface area contributed by atoms with Crippen molar-refractivity contribution in [3.63, 3.8) is 0 Å². The Balaban J connectivity index is 2.20. The van der Waals surface area contributed by atoms with Crippen LogP contribution in [0, 0.1) is 11.7 Å². The summed E-state index contributed by atoms with van der Waals surface area (Å²) in [7, 11) is -2.27. The maximum absolute atomic E-state index is 13.7. The molecule has 1 aromatic rings. The predicted octanol–water partition coefficient (Wildman–Crippen LogP) is 2.22. The molecule has 0 amide bonds. The highest BCUT2D eigenvalue weighted by Crippen LogP contribution is 2.27. The molecule has 0 unspecified atom stereocenters. The van der Waals surface area contributed by atoms with E-state index in [1.807, 2.05) is 0 Å². The molecule has 1 aromatic carbocycles. The van der Waals surface area contributed by atoms with E-state index in [0.29, 0.717) is 12.5 Å². The Kier molecular flexibility index (Phi) is 4.10. The number of sulfonamides is 1. The average Bonchev–Trinajstić information content (AvgIpc) is 2.81. The van der Waals surface area contributed by atoms with Crippen LogP contribution in [0.5, 0.6) is 0 Å². The highest BCUT2D eigenvalue weighted by molar-refractivity contribution is 7.89. The number of anilines is 1. The summed E-state index contributed by atoms with van der Waals surface area (Å²) in [5.74, 6) is -0.408. The van der Waals surface area contributed by atoms with Crippen molar-refractivity contribution in [2.75, 3.05) is 19.3 Å². The summed E-state index contributed by atoms with van der Waals surface area (Å²) in [6.07, 6.45) is 4.39. The molecule has 4 nitrogen and oxygen atoms in total. The lowest BCUT2D eigenvalue weighted by Crippen LogP contribution is -2.31. The first-order valence-corrected chi connectivity index (χ1v) is 7.86. The van der Waals surface area contributed by atoms with E-state index in [1.165, 1.54) is 23.5 Å². The Bertz CT molecular complexity index is 554. The minimum absolute atomic E-state index is 0.217. The monoisotopic (exact) mass is 286 g/mol. The summed E-state index contributed by atoms with van der Waals surface area (Å²) in [5.41, 5.74) is 5.65. The van der Waals surface area contributed by atoms with Crippen molar-refractivity contribution >= 4 is 15.7 Å². The van der Waals surface area contributed by atoms with Crippen molar-refractivity contribution in [1.29, 1.82) is 0 Å². The van der Waals surface area contributed by atoms with Crippen LogP contribution in [0.15, 0.2) is 23.1 Å². The number of halogens is 1. The molecule has 2 rings (SSSR count). The van der Waals surface area contributed by atoms with E-state index in [2.05, 4.69) is 0 Å². The number of nitrogens with zero attached hydrogens (tertiary/aromatic N) is 1. The van der Waals surface area contributed by atoms with Gasteiger partial charge in [0.15, 0.2) is 0 Å². The number of benzene rings is 1. The zero-order valence-corrected chi connectivity index (χ0v) is 11.8. The van der Waals surface area contributed by atoms with E-state index in [1.54, 1.807) is 0 Å². The molecule has 0 aliphatic heterocycles. The Morgan fingerprint density at radius 3 is 2.58 bits per heavy atom. The molecular weight excluding hydrogens is 267 g/mol. The van der Waals surface area contributed by atoms with Gasteiger partial charge in [-0.15, -0.1) is 0 Å². The Hall–Kier alpha value is -1.14. The Labute approximate surface area is 113 Å². The van der Waals surface area contributed by atoms with Crippen molar-refractivity contribution in [2.45, 2.75) is 30.6 Å².